The van der Waals surface area contributed by atoms with Crippen LogP contribution in [0.4, 0.5) is 4.39 Å². The van der Waals surface area contributed by atoms with E-state index in [0.717, 1.165) is 6.42 Å². The van der Waals surface area contributed by atoms with E-state index in [1.165, 1.54) is 11.6 Å². The SMILES string of the molecule is CCC(C)(C)c1ccc(Oc2c(F)cccc2CCl)cc1. The number of halogens is 2. The molecule has 2 rings (SSSR count). The predicted molar refractivity (Wildman–Crippen MR) is 85.8 cm³/mol. The fourth-order valence-corrected chi connectivity index (χ4v) is 2.28. The van der Waals surface area contributed by atoms with Crippen LogP contribution < -0.4 is 4.74 Å². The summed E-state index contributed by atoms with van der Waals surface area (Å²) in [6.07, 6.45) is 1.05. The third kappa shape index (κ3) is 3.56. The van der Waals surface area contributed by atoms with Crippen molar-refractivity contribution in [3.8, 4) is 11.5 Å². The average Bonchev–Trinajstić information content (AvgIpc) is 2.50. The van der Waals surface area contributed by atoms with E-state index in [9.17, 15) is 4.39 Å². The van der Waals surface area contributed by atoms with E-state index >= 15 is 0 Å². The van der Waals surface area contributed by atoms with Gasteiger partial charge in [0.25, 0.3) is 0 Å². The third-order valence-electron chi connectivity index (χ3n) is 3.93. The molecule has 0 aliphatic heterocycles. The number of hydrogen-bond donors (Lipinski definition) is 0. The van der Waals surface area contributed by atoms with Crippen LogP contribution in [-0.2, 0) is 11.3 Å². The molecule has 0 aromatic heterocycles. The van der Waals surface area contributed by atoms with Crippen molar-refractivity contribution in [1.29, 1.82) is 0 Å². The quantitative estimate of drug-likeness (QED) is 0.611. The Labute approximate surface area is 130 Å². The number of ether oxygens (including phenoxy) is 1. The van der Waals surface area contributed by atoms with Gasteiger partial charge in [0.05, 0.1) is 5.88 Å². The topological polar surface area (TPSA) is 9.23 Å². The van der Waals surface area contributed by atoms with Crippen LogP contribution >= 0.6 is 11.6 Å². The second kappa shape index (κ2) is 6.48. The number of rotatable bonds is 5. The Bertz CT molecular complexity index is 605. The van der Waals surface area contributed by atoms with E-state index in [2.05, 4.69) is 20.8 Å². The molecule has 0 unspecified atom stereocenters. The van der Waals surface area contributed by atoms with Gasteiger partial charge >= 0.3 is 0 Å². The molecule has 0 spiro atoms. The van der Waals surface area contributed by atoms with Gasteiger partial charge in [0, 0.05) is 5.56 Å². The summed E-state index contributed by atoms with van der Waals surface area (Å²) in [6, 6.07) is 12.6. The van der Waals surface area contributed by atoms with Crippen LogP contribution in [0.5, 0.6) is 11.5 Å². The average molecular weight is 307 g/mol. The zero-order chi connectivity index (χ0) is 15.5. The highest BCUT2D eigenvalue weighted by Crippen LogP contribution is 2.32. The van der Waals surface area contributed by atoms with Gasteiger partial charge in [-0.25, -0.2) is 4.39 Å². The molecule has 0 aliphatic rings. The molecule has 112 valence electrons. The lowest BCUT2D eigenvalue weighted by atomic mass is 9.82. The minimum atomic E-state index is -0.397. The highest BCUT2D eigenvalue weighted by molar-refractivity contribution is 6.17. The lowest BCUT2D eigenvalue weighted by Gasteiger charge is -2.23. The molecule has 0 saturated carbocycles. The predicted octanol–water partition coefficient (Wildman–Crippen LogP) is 6.04. The van der Waals surface area contributed by atoms with E-state index in [0.29, 0.717) is 11.3 Å². The Morgan fingerprint density at radius 3 is 2.33 bits per heavy atom. The first-order chi connectivity index (χ1) is 9.97. The van der Waals surface area contributed by atoms with Crippen molar-refractivity contribution in [2.75, 3.05) is 0 Å². The van der Waals surface area contributed by atoms with Crippen molar-refractivity contribution in [2.24, 2.45) is 0 Å². The molecule has 3 heteroatoms. The zero-order valence-corrected chi connectivity index (χ0v) is 13.4. The second-order valence-electron chi connectivity index (χ2n) is 5.73. The van der Waals surface area contributed by atoms with Gasteiger partial charge in [0.1, 0.15) is 5.75 Å². The number of hydrogen-bond acceptors (Lipinski definition) is 1. The van der Waals surface area contributed by atoms with E-state index in [1.54, 1.807) is 12.1 Å². The molecule has 2 aromatic carbocycles. The first kappa shape index (κ1) is 15.8. The molecule has 0 N–H and O–H groups in total. The Kier molecular flexibility index (Phi) is 4.89. The lowest BCUT2D eigenvalue weighted by Crippen LogP contribution is -2.14. The van der Waals surface area contributed by atoms with Crippen LogP contribution in [0.25, 0.3) is 0 Å². The smallest absolute Gasteiger partial charge is 0.167 e. The van der Waals surface area contributed by atoms with Crippen LogP contribution in [-0.4, -0.2) is 0 Å². The van der Waals surface area contributed by atoms with Crippen molar-refractivity contribution in [3.05, 3.63) is 59.4 Å². The van der Waals surface area contributed by atoms with Crippen LogP contribution in [0.1, 0.15) is 38.3 Å². The van der Waals surface area contributed by atoms with Gasteiger partial charge in [-0.2, -0.15) is 0 Å². The van der Waals surface area contributed by atoms with Crippen LogP contribution in [0.15, 0.2) is 42.5 Å². The molecule has 2 aromatic rings. The normalized spacial score (nSPS) is 11.5. The Morgan fingerprint density at radius 2 is 1.76 bits per heavy atom. The first-order valence-electron chi connectivity index (χ1n) is 7.09. The molecule has 21 heavy (non-hydrogen) atoms. The molecule has 0 radical (unpaired) electrons. The third-order valence-corrected chi connectivity index (χ3v) is 4.22. The molecular formula is C18H20ClFO. The number of alkyl halides is 1. The van der Waals surface area contributed by atoms with Crippen molar-refractivity contribution in [3.63, 3.8) is 0 Å². The van der Waals surface area contributed by atoms with Crippen molar-refractivity contribution in [2.45, 2.75) is 38.5 Å². The zero-order valence-electron chi connectivity index (χ0n) is 12.6. The lowest BCUT2D eigenvalue weighted by molar-refractivity contribution is 0.437. The molecule has 1 nitrogen and oxygen atoms in total. The molecule has 0 amide bonds. The molecule has 0 aliphatic carbocycles. The van der Waals surface area contributed by atoms with Crippen molar-refractivity contribution < 1.29 is 9.13 Å². The molecule has 0 atom stereocenters. The minimum Gasteiger partial charge on any atom is -0.454 e. The second-order valence-corrected chi connectivity index (χ2v) is 5.99. The van der Waals surface area contributed by atoms with Gasteiger partial charge in [-0.05, 0) is 35.6 Å². The summed E-state index contributed by atoms with van der Waals surface area (Å²) in [4.78, 5) is 0. The van der Waals surface area contributed by atoms with E-state index < -0.39 is 5.82 Å². The minimum absolute atomic E-state index is 0.123. The summed E-state index contributed by atoms with van der Waals surface area (Å²) < 4.78 is 19.5. The summed E-state index contributed by atoms with van der Waals surface area (Å²) in [5.41, 5.74) is 2.01. The van der Waals surface area contributed by atoms with Gasteiger partial charge in [-0.15, -0.1) is 11.6 Å². The highest BCUT2D eigenvalue weighted by Gasteiger charge is 2.18. The van der Waals surface area contributed by atoms with Crippen LogP contribution in [0, 0.1) is 5.82 Å². The van der Waals surface area contributed by atoms with E-state index in [-0.39, 0.29) is 17.0 Å². The van der Waals surface area contributed by atoms with Gasteiger partial charge in [0.15, 0.2) is 11.6 Å². The van der Waals surface area contributed by atoms with Gasteiger partial charge in [0.2, 0.25) is 0 Å². The summed E-state index contributed by atoms with van der Waals surface area (Å²) in [7, 11) is 0. The molecule has 0 saturated heterocycles. The summed E-state index contributed by atoms with van der Waals surface area (Å²) in [5, 5.41) is 0. The van der Waals surface area contributed by atoms with E-state index in [1.807, 2.05) is 24.3 Å². The van der Waals surface area contributed by atoms with Gasteiger partial charge in [-0.3, -0.25) is 0 Å². The number of para-hydroxylation sites is 1. The molecule has 0 fully saturated rings. The summed E-state index contributed by atoms with van der Waals surface area (Å²) >= 11 is 5.83. The largest absolute Gasteiger partial charge is 0.454 e. The standard InChI is InChI=1S/C18H20ClFO/c1-4-18(2,3)14-8-10-15(11-9-14)21-17-13(12-19)6-5-7-16(17)20/h5-11H,4,12H2,1-3H3. The summed E-state index contributed by atoms with van der Waals surface area (Å²) in [5.74, 6) is 0.636. The molecule has 0 bridgehead atoms. The fourth-order valence-electron chi connectivity index (χ4n) is 2.07. The molecular weight excluding hydrogens is 287 g/mol. The van der Waals surface area contributed by atoms with Gasteiger partial charge in [-0.1, -0.05) is 45.0 Å². The van der Waals surface area contributed by atoms with Crippen molar-refractivity contribution >= 4 is 11.6 Å². The van der Waals surface area contributed by atoms with Crippen LogP contribution in [0.2, 0.25) is 0 Å². The fraction of sp³-hybridized carbons (Fsp3) is 0.333. The first-order valence-corrected chi connectivity index (χ1v) is 7.63. The van der Waals surface area contributed by atoms with E-state index in [4.69, 9.17) is 16.3 Å². The Hall–Kier alpha value is -1.54. The molecule has 0 heterocycles. The maximum atomic E-state index is 13.9. The van der Waals surface area contributed by atoms with Gasteiger partial charge < -0.3 is 4.74 Å². The highest BCUT2D eigenvalue weighted by atomic mass is 35.5. The monoisotopic (exact) mass is 306 g/mol. The maximum absolute atomic E-state index is 13.9. The Morgan fingerprint density at radius 1 is 1.10 bits per heavy atom. The number of benzene rings is 2. The summed E-state index contributed by atoms with van der Waals surface area (Å²) in [6.45, 7) is 6.56. The van der Waals surface area contributed by atoms with Crippen LogP contribution in [0.3, 0.4) is 0 Å². The Balaban J connectivity index is 2.26. The maximum Gasteiger partial charge on any atom is 0.167 e. The van der Waals surface area contributed by atoms with Crippen molar-refractivity contribution in [1.82, 2.24) is 0 Å².